The fourth-order valence-corrected chi connectivity index (χ4v) is 1.98. The average molecular weight is 406 g/mol. The molecule has 0 heterocycles. The predicted octanol–water partition coefficient (Wildman–Crippen LogP) is -4.03. The summed E-state index contributed by atoms with van der Waals surface area (Å²) in [5.41, 5.74) is 5.36. The van der Waals surface area contributed by atoms with Gasteiger partial charge in [0.05, 0.1) is 19.6 Å². The summed E-state index contributed by atoms with van der Waals surface area (Å²) in [5.74, 6) is -6.34. The number of aliphatic carboxylic acids is 2. The minimum atomic E-state index is -1.76. The van der Waals surface area contributed by atoms with Gasteiger partial charge in [0.2, 0.25) is 17.7 Å². The van der Waals surface area contributed by atoms with Crippen molar-refractivity contribution in [2.75, 3.05) is 13.2 Å². The number of rotatable bonds is 12. The van der Waals surface area contributed by atoms with Gasteiger partial charge in [-0.2, -0.15) is 0 Å². The minimum absolute atomic E-state index is 0.462. The Morgan fingerprint density at radius 1 is 0.821 bits per heavy atom. The van der Waals surface area contributed by atoms with Crippen molar-refractivity contribution in [3.8, 4) is 0 Å². The Balaban J connectivity index is 5.15. The van der Waals surface area contributed by atoms with Crippen LogP contribution in [0.2, 0.25) is 0 Å². The molecule has 0 aliphatic heterocycles. The second-order valence-corrected chi connectivity index (χ2v) is 6.26. The van der Waals surface area contributed by atoms with Crippen LogP contribution in [-0.4, -0.2) is 87.5 Å². The van der Waals surface area contributed by atoms with Gasteiger partial charge in [0.25, 0.3) is 0 Å². The van der Waals surface area contributed by atoms with Crippen molar-refractivity contribution >= 4 is 29.7 Å². The summed E-state index contributed by atoms with van der Waals surface area (Å²) in [5, 5.41) is 42.2. The number of carboxylic acid groups (broad SMARTS) is 2. The van der Waals surface area contributed by atoms with Crippen LogP contribution >= 0.6 is 0 Å². The molecule has 0 aromatic carbocycles. The summed E-state index contributed by atoms with van der Waals surface area (Å²) in [6.45, 7) is 1.60. The fourth-order valence-electron chi connectivity index (χ4n) is 1.98. The van der Waals surface area contributed by atoms with Gasteiger partial charge in [-0.05, 0) is 5.92 Å². The molecule has 0 aliphatic rings. The molecular weight excluding hydrogens is 380 g/mol. The third-order valence-electron chi connectivity index (χ3n) is 3.59. The van der Waals surface area contributed by atoms with Gasteiger partial charge in [0, 0.05) is 0 Å². The molecule has 28 heavy (non-hydrogen) atoms. The number of nitrogens with two attached hydrogens (primary N) is 1. The average Bonchev–Trinajstić information content (AvgIpc) is 2.61. The first-order valence-corrected chi connectivity index (χ1v) is 8.27. The molecule has 0 radical (unpaired) electrons. The molecule has 0 saturated heterocycles. The molecule has 0 spiro atoms. The van der Waals surface area contributed by atoms with Crippen LogP contribution in [0.25, 0.3) is 0 Å². The highest BCUT2D eigenvalue weighted by molar-refractivity contribution is 5.94. The summed E-state index contributed by atoms with van der Waals surface area (Å²) >= 11 is 0. The van der Waals surface area contributed by atoms with Crippen LogP contribution < -0.4 is 21.7 Å². The summed E-state index contributed by atoms with van der Waals surface area (Å²) in [6.07, 6.45) is -0.906. The molecule has 4 atom stereocenters. The molecule has 0 fully saturated rings. The van der Waals surface area contributed by atoms with Gasteiger partial charge in [-0.3, -0.25) is 19.2 Å². The van der Waals surface area contributed by atoms with Gasteiger partial charge in [0.1, 0.15) is 24.2 Å². The lowest BCUT2D eigenvalue weighted by Gasteiger charge is -2.25. The van der Waals surface area contributed by atoms with Gasteiger partial charge in [-0.15, -0.1) is 0 Å². The second-order valence-electron chi connectivity index (χ2n) is 6.26. The van der Waals surface area contributed by atoms with Crippen LogP contribution in [0, 0.1) is 5.92 Å². The minimum Gasteiger partial charge on any atom is -0.481 e. The molecule has 0 aliphatic carbocycles. The largest absolute Gasteiger partial charge is 0.481 e. The number of aliphatic hydroxyl groups is 2. The Bertz CT molecular complexity index is 596. The second kappa shape index (κ2) is 11.8. The van der Waals surface area contributed by atoms with Gasteiger partial charge < -0.3 is 42.1 Å². The standard InChI is InChI=1S/C15H26N4O9/c1-6(2)11(19-12(24)7(16)4-20)14(26)18-9(5-21)13(25)17-8(15(27)28)3-10(22)23/h6-9,11,20-21H,3-5,16H2,1-2H3,(H,17,25)(H,18,26)(H,19,24)(H,22,23)(H,27,28)/t7-,8-,9-,11-/m0/s1. The van der Waals surface area contributed by atoms with E-state index >= 15 is 0 Å². The van der Waals surface area contributed by atoms with E-state index < -0.39 is 79.4 Å². The van der Waals surface area contributed by atoms with Gasteiger partial charge in [-0.1, -0.05) is 13.8 Å². The first-order chi connectivity index (χ1) is 12.9. The topological polar surface area (TPSA) is 228 Å². The van der Waals surface area contributed by atoms with E-state index in [1.165, 1.54) is 0 Å². The summed E-state index contributed by atoms with van der Waals surface area (Å²) in [4.78, 5) is 57.9. The Morgan fingerprint density at radius 3 is 1.75 bits per heavy atom. The zero-order valence-electron chi connectivity index (χ0n) is 15.4. The van der Waals surface area contributed by atoms with Crippen LogP contribution in [0.5, 0.6) is 0 Å². The quantitative estimate of drug-likeness (QED) is 0.156. The molecule has 0 aromatic heterocycles. The van der Waals surface area contributed by atoms with E-state index in [1.807, 2.05) is 5.32 Å². The lowest BCUT2D eigenvalue weighted by Crippen LogP contribution is -2.59. The molecule has 160 valence electrons. The van der Waals surface area contributed by atoms with Gasteiger partial charge >= 0.3 is 11.9 Å². The number of nitrogens with one attached hydrogen (secondary N) is 3. The monoisotopic (exact) mass is 406 g/mol. The first-order valence-electron chi connectivity index (χ1n) is 8.27. The van der Waals surface area contributed by atoms with Crippen LogP contribution in [0.1, 0.15) is 20.3 Å². The van der Waals surface area contributed by atoms with Crippen LogP contribution in [0.4, 0.5) is 0 Å². The fraction of sp³-hybridized carbons (Fsp3) is 0.667. The SMILES string of the molecule is CC(C)[C@H](NC(=O)[C@@H](N)CO)C(=O)N[C@@H](CO)C(=O)N[C@@H](CC(=O)O)C(=O)O. The molecule has 0 saturated carbocycles. The number of amides is 3. The molecule has 13 heteroatoms. The third kappa shape index (κ3) is 8.28. The molecule has 3 amide bonds. The van der Waals surface area contributed by atoms with E-state index in [4.69, 9.17) is 21.1 Å². The number of carboxylic acids is 2. The van der Waals surface area contributed by atoms with Crippen LogP contribution in [0.3, 0.4) is 0 Å². The van der Waals surface area contributed by atoms with Crippen molar-refractivity contribution in [3.63, 3.8) is 0 Å². The summed E-state index contributed by atoms with van der Waals surface area (Å²) < 4.78 is 0. The Kier molecular flexibility index (Phi) is 10.7. The lowest BCUT2D eigenvalue weighted by molar-refractivity contribution is -0.147. The van der Waals surface area contributed by atoms with Crippen molar-refractivity contribution in [2.24, 2.45) is 11.7 Å². The lowest BCUT2D eigenvalue weighted by atomic mass is 10.0. The van der Waals surface area contributed by atoms with Crippen LogP contribution in [0.15, 0.2) is 0 Å². The molecule has 9 N–H and O–H groups in total. The summed E-state index contributed by atoms with van der Waals surface area (Å²) in [7, 11) is 0. The van der Waals surface area contributed by atoms with E-state index in [-0.39, 0.29) is 0 Å². The number of carbonyl (C=O) groups excluding carboxylic acids is 3. The maximum atomic E-state index is 12.4. The highest BCUT2D eigenvalue weighted by Crippen LogP contribution is 2.04. The van der Waals surface area contributed by atoms with Crippen molar-refractivity contribution in [2.45, 2.75) is 44.4 Å². The van der Waals surface area contributed by atoms with Gasteiger partial charge in [0.15, 0.2) is 0 Å². The Morgan fingerprint density at radius 2 is 1.36 bits per heavy atom. The third-order valence-corrected chi connectivity index (χ3v) is 3.59. The smallest absolute Gasteiger partial charge is 0.326 e. The number of carbonyl (C=O) groups is 5. The van der Waals surface area contributed by atoms with E-state index in [2.05, 4.69) is 10.6 Å². The zero-order valence-corrected chi connectivity index (χ0v) is 15.4. The van der Waals surface area contributed by atoms with Crippen molar-refractivity contribution in [3.05, 3.63) is 0 Å². The number of aliphatic hydroxyl groups excluding tert-OH is 2. The van der Waals surface area contributed by atoms with Crippen LogP contribution in [-0.2, 0) is 24.0 Å². The van der Waals surface area contributed by atoms with E-state index in [0.29, 0.717) is 0 Å². The zero-order chi connectivity index (χ0) is 22.0. The van der Waals surface area contributed by atoms with E-state index in [1.54, 1.807) is 13.8 Å². The van der Waals surface area contributed by atoms with Crippen molar-refractivity contribution in [1.82, 2.24) is 16.0 Å². The highest BCUT2D eigenvalue weighted by atomic mass is 16.4. The Labute approximate surface area is 160 Å². The molecular formula is C15H26N4O9. The normalized spacial score (nSPS) is 15.1. The molecule has 0 aromatic rings. The van der Waals surface area contributed by atoms with Gasteiger partial charge in [-0.25, -0.2) is 4.79 Å². The number of hydrogen-bond donors (Lipinski definition) is 8. The Hall–Kier alpha value is -2.77. The molecule has 0 rings (SSSR count). The number of hydrogen-bond acceptors (Lipinski definition) is 8. The first kappa shape index (κ1) is 25.2. The van der Waals surface area contributed by atoms with E-state index in [9.17, 15) is 29.1 Å². The van der Waals surface area contributed by atoms with Crippen molar-refractivity contribution < 1.29 is 44.4 Å². The highest BCUT2D eigenvalue weighted by Gasteiger charge is 2.31. The summed E-state index contributed by atoms with van der Waals surface area (Å²) in [6, 6.07) is -5.79. The predicted molar refractivity (Wildman–Crippen MR) is 92.7 cm³/mol. The molecule has 13 nitrogen and oxygen atoms in total. The van der Waals surface area contributed by atoms with E-state index in [0.717, 1.165) is 0 Å². The maximum Gasteiger partial charge on any atom is 0.326 e. The molecule has 0 unspecified atom stereocenters. The molecule has 0 bridgehead atoms. The van der Waals surface area contributed by atoms with Crippen molar-refractivity contribution in [1.29, 1.82) is 0 Å². The maximum absolute atomic E-state index is 12.4.